The van der Waals surface area contributed by atoms with E-state index in [1.54, 1.807) is 0 Å². The molecule has 8 aromatic carbocycles. The second-order valence-electron chi connectivity index (χ2n) is 14.1. The van der Waals surface area contributed by atoms with Gasteiger partial charge in [-0.3, -0.25) is 4.90 Å². The molecule has 0 aliphatic rings. The molecule has 0 radical (unpaired) electrons. The van der Waals surface area contributed by atoms with Crippen molar-refractivity contribution in [1.82, 2.24) is 9.55 Å². The highest BCUT2D eigenvalue weighted by Crippen LogP contribution is 2.38. The molecular formula is C53H37N3. The standard InChI is InChI=1S/C53H37N3/c1-3-13-38(14-4-1)40-25-30-46(31-26-40)55(53-34-29-45(37-54-53)39-15-5-2-6-16-39)48-20-12-19-44(36-48)43-18-11-17-42(35-43)41-27-32-47(33-28-41)56-51-23-9-7-21-49(51)50-22-8-10-24-52(50)56/h1-37H. The number of aromatic nitrogens is 2. The highest BCUT2D eigenvalue weighted by molar-refractivity contribution is 6.09. The largest absolute Gasteiger partial charge is 0.309 e. The molecule has 0 spiro atoms. The van der Waals surface area contributed by atoms with Gasteiger partial charge in [0.05, 0.1) is 11.0 Å². The zero-order chi connectivity index (χ0) is 37.3. The van der Waals surface area contributed by atoms with Crippen LogP contribution in [0.4, 0.5) is 17.2 Å². The highest BCUT2D eigenvalue weighted by Gasteiger charge is 2.16. The lowest BCUT2D eigenvalue weighted by Crippen LogP contribution is -2.11. The molecule has 0 amide bonds. The normalized spacial score (nSPS) is 11.2. The zero-order valence-corrected chi connectivity index (χ0v) is 30.7. The van der Waals surface area contributed by atoms with E-state index in [2.05, 4.69) is 222 Å². The minimum absolute atomic E-state index is 0.853. The van der Waals surface area contributed by atoms with Crippen LogP contribution in [0.3, 0.4) is 0 Å². The Hall–Kier alpha value is -7.49. The molecule has 0 atom stereocenters. The molecule has 0 aliphatic heterocycles. The summed E-state index contributed by atoms with van der Waals surface area (Å²) in [6.45, 7) is 0. The van der Waals surface area contributed by atoms with Gasteiger partial charge in [0.2, 0.25) is 0 Å². The second-order valence-corrected chi connectivity index (χ2v) is 14.1. The SMILES string of the molecule is c1ccc(-c2ccc(N(c3cccc(-c4cccc(-c5ccc(-n6c7ccccc7c7ccccc76)cc5)c4)c3)c3ccc(-c4ccccc4)cn3)cc2)cc1. The fourth-order valence-corrected chi connectivity index (χ4v) is 7.87. The molecular weight excluding hydrogens is 679 g/mol. The molecule has 0 N–H and O–H groups in total. The molecule has 3 heteroatoms. The van der Waals surface area contributed by atoms with Gasteiger partial charge in [0.1, 0.15) is 5.82 Å². The van der Waals surface area contributed by atoms with E-state index in [0.717, 1.165) is 45.1 Å². The van der Waals surface area contributed by atoms with Crippen molar-refractivity contribution in [1.29, 1.82) is 0 Å². The van der Waals surface area contributed by atoms with Crippen LogP contribution in [-0.4, -0.2) is 9.55 Å². The molecule has 10 aromatic rings. The van der Waals surface area contributed by atoms with Crippen LogP contribution < -0.4 is 4.90 Å². The summed E-state index contributed by atoms with van der Waals surface area (Å²) in [6, 6.07) is 77.8. The van der Waals surface area contributed by atoms with Gasteiger partial charge in [-0.1, -0.05) is 152 Å². The number of para-hydroxylation sites is 2. The molecule has 264 valence electrons. The van der Waals surface area contributed by atoms with E-state index in [1.807, 2.05) is 12.3 Å². The minimum atomic E-state index is 0.853. The first kappa shape index (κ1) is 33.1. The summed E-state index contributed by atoms with van der Waals surface area (Å²) in [4.78, 5) is 7.27. The fourth-order valence-electron chi connectivity index (χ4n) is 7.87. The predicted molar refractivity (Wildman–Crippen MR) is 235 cm³/mol. The maximum atomic E-state index is 5.03. The Morgan fingerprint density at radius 3 is 1.41 bits per heavy atom. The number of hydrogen-bond donors (Lipinski definition) is 0. The Balaban J connectivity index is 0.996. The van der Waals surface area contributed by atoms with Gasteiger partial charge in [0.15, 0.2) is 0 Å². The molecule has 10 rings (SSSR count). The van der Waals surface area contributed by atoms with Gasteiger partial charge in [0, 0.05) is 39.6 Å². The summed E-state index contributed by atoms with van der Waals surface area (Å²) in [7, 11) is 0. The van der Waals surface area contributed by atoms with Crippen LogP contribution >= 0.6 is 0 Å². The van der Waals surface area contributed by atoms with E-state index in [0.29, 0.717) is 0 Å². The zero-order valence-electron chi connectivity index (χ0n) is 30.7. The molecule has 2 heterocycles. The van der Waals surface area contributed by atoms with Gasteiger partial charge < -0.3 is 4.57 Å². The Morgan fingerprint density at radius 1 is 0.321 bits per heavy atom. The van der Waals surface area contributed by atoms with Crippen molar-refractivity contribution in [3.63, 3.8) is 0 Å². The molecule has 0 unspecified atom stereocenters. The van der Waals surface area contributed by atoms with Crippen LogP contribution in [0.2, 0.25) is 0 Å². The summed E-state index contributed by atoms with van der Waals surface area (Å²) in [5.74, 6) is 0.853. The third-order valence-electron chi connectivity index (χ3n) is 10.7. The second kappa shape index (κ2) is 14.4. The number of nitrogens with zero attached hydrogens (tertiary/aromatic N) is 3. The molecule has 3 nitrogen and oxygen atoms in total. The average Bonchev–Trinajstić information content (AvgIpc) is 3.62. The van der Waals surface area contributed by atoms with E-state index in [9.17, 15) is 0 Å². The number of benzene rings is 8. The van der Waals surface area contributed by atoms with Crippen molar-refractivity contribution >= 4 is 39.0 Å². The van der Waals surface area contributed by atoms with Crippen molar-refractivity contribution in [2.45, 2.75) is 0 Å². The molecule has 0 aliphatic carbocycles. The van der Waals surface area contributed by atoms with Crippen molar-refractivity contribution < 1.29 is 0 Å². The summed E-state index contributed by atoms with van der Waals surface area (Å²) in [5.41, 5.74) is 14.9. The molecule has 0 saturated heterocycles. The van der Waals surface area contributed by atoms with E-state index < -0.39 is 0 Å². The first-order chi connectivity index (χ1) is 27.8. The molecule has 0 bridgehead atoms. The van der Waals surface area contributed by atoms with Crippen molar-refractivity contribution in [3.05, 3.63) is 225 Å². The molecule has 56 heavy (non-hydrogen) atoms. The number of pyridine rings is 1. The van der Waals surface area contributed by atoms with Crippen LogP contribution in [0, 0.1) is 0 Å². The summed E-state index contributed by atoms with van der Waals surface area (Å²) >= 11 is 0. The summed E-state index contributed by atoms with van der Waals surface area (Å²) < 4.78 is 2.36. The van der Waals surface area contributed by atoms with Crippen molar-refractivity contribution in [3.8, 4) is 50.2 Å². The van der Waals surface area contributed by atoms with Gasteiger partial charge >= 0.3 is 0 Å². The van der Waals surface area contributed by atoms with Gasteiger partial charge in [-0.25, -0.2) is 4.98 Å². The Bertz CT molecular complexity index is 2790. The van der Waals surface area contributed by atoms with Crippen LogP contribution in [0.5, 0.6) is 0 Å². The number of rotatable bonds is 8. The van der Waals surface area contributed by atoms with Crippen LogP contribution in [0.15, 0.2) is 225 Å². The third kappa shape index (κ3) is 6.21. The maximum Gasteiger partial charge on any atom is 0.137 e. The molecule has 0 saturated carbocycles. The van der Waals surface area contributed by atoms with Crippen LogP contribution in [0.1, 0.15) is 0 Å². The van der Waals surface area contributed by atoms with Gasteiger partial charge in [-0.2, -0.15) is 0 Å². The lowest BCUT2D eigenvalue weighted by Gasteiger charge is -2.25. The van der Waals surface area contributed by atoms with Gasteiger partial charge in [-0.15, -0.1) is 0 Å². The lowest BCUT2D eigenvalue weighted by atomic mass is 9.98. The van der Waals surface area contributed by atoms with E-state index >= 15 is 0 Å². The summed E-state index contributed by atoms with van der Waals surface area (Å²) in [6.07, 6.45) is 1.97. The fraction of sp³-hybridized carbons (Fsp3) is 0. The minimum Gasteiger partial charge on any atom is -0.309 e. The van der Waals surface area contributed by atoms with Crippen molar-refractivity contribution in [2.24, 2.45) is 0 Å². The van der Waals surface area contributed by atoms with Crippen LogP contribution in [-0.2, 0) is 0 Å². The summed E-state index contributed by atoms with van der Waals surface area (Å²) in [5, 5.41) is 2.54. The van der Waals surface area contributed by atoms with Crippen LogP contribution in [0.25, 0.3) is 72.0 Å². The Kier molecular flexibility index (Phi) is 8.51. The topological polar surface area (TPSA) is 21.1 Å². The first-order valence-corrected chi connectivity index (χ1v) is 19.0. The smallest absolute Gasteiger partial charge is 0.137 e. The number of fused-ring (bicyclic) bond motifs is 3. The van der Waals surface area contributed by atoms with E-state index in [4.69, 9.17) is 4.98 Å². The third-order valence-corrected chi connectivity index (χ3v) is 10.7. The van der Waals surface area contributed by atoms with E-state index in [-0.39, 0.29) is 0 Å². The Morgan fingerprint density at radius 2 is 0.786 bits per heavy atom. The highest BCUT2D eigenvalue weighted by atomic mass is 15.2. The lowest BCUT2D eigenvalue weighted by molar-refractivity contribution is 1.18. The van der Waals surface area contributed by atoms with Gasteiger partial charge in [-0.05, 0) is 106 Å². The molecule has 2 aromatic heterocycles. The van der Waals surface area contributed by atoms with E-state index in [1.165, 1.54) is 44.1 Å². The maximum absolute atomic E-state index is 5.03. The first-order valence-electron chi connectivity index (χ1n) is 19.0. The van der Waals surface area contributed by atoms with Crippen molar-refractivity contribution in [2.75, 3.05) is 4.90 Å². The number of anilines is 3. The number of hydrogen-bond acceptors (Lipinski definition) is 2. The average molecular weight is 716 g/mol. The monoisotopic (exact) mass is 715 g/mol. The quantitative estimate of drug-likeness (QED) is 0.156. The predicted octanol–water partition coefficient (Wildman–Crippen LogP) is 14.3. The van der Waals surface area contributed by atoms with Gasteiger partial charge in [0.25, 0.3) is 0 Å². The molecule has 0 fully saturated rings. The Labute approximate surface area is 327 Å².